The second-order valence-corrected chi connectivity index (χ2v) is 13.9. The smallest absolute Gasteiger partial charge is 0.330 e. The largest absolute Gasteiger partial charge is 0.493 e. The number of carbonyl (C=O) groups excluding carboxylic acids is 2. The summed E-state index contributed by atoms with van der Waals surface area (Å²) >= 11 is 0. The van der Waals surface area contributed by atoms with E-state index in [4.69, 9.17) is 18.9 Å². The number of amides is 1. The van der Waals surface area contributed by atoms with Crippen molar-refractivity contribution in [2.45, 2.75) is 88.2 Å². The molecule has 4 atom stereocenters. The number of Topliss-reactive ketones (excluding diaryl/α,β-unsaturated/α-hetero) is 1. The van der Waals surface area contributed by atoms with Crippen LogP contribution in [0, 0.1) is 5.92 Å². The molecule has 0 spiro atoms. The van der Waals surface area contributed by atoms with Crippen molar-refractivity contribution in [1.82, 2.24) is 9.80 Å². The van der Waals surface area contributed by atoms with Crippen LogP contribution >= 0.6 is 0 Å². The van der Waals surface area contributed by atoms with E-state index in [1.165, 1.54) is 4.90 Å². The van der Waals surface area contributed by atoms with Gasteiger partial charge in [-0.2, -0.15) is 0 Å². The number of carboxylic acids is 1. The molecular formula is C39H54N2O9. The van der Waals surface area contributed by atoms with Crippen LogP contribution < -0.4 is 14.2 Å². The van der Waals surface area contributed by atoms with Crippen molar-refractivity contribution in [3.8, 4) is 17.2 Å². The zero-order chi connectivity index (χ0) is 35.7. The van der Waals surface area contributed by atoms with E-state index in [0.717, 1.165) is 31.6 Å². The number of aliphatic hydroxyl groups is 1. The van der Waals surface area contributed by atoms with Crippen LogP contribution in [0.4, 0.5) is 0 Å². The molecule has 3 aliphatic rings. The first-order valence-electron chi connectivity index (χ1n) is 18.2. The molecular weight excluding hydrogens is 640 g/mol. The highest BCUT2D eigenvalue weighted by molar-refractivity contribution is 6.39. The molecule has 1 amide bonds. The average Bonchev–Trinajstić information content (AvgIpc) is 3.15. The molecule has 274 valence electrons. The van der Waals surface area contributed by atoms with E-state index < -0.39 is 34.7 Å². The molecule has 2 N–H and O–H groups in total. The standard InChI is InChI=1S/C39H54N2O9/c1-4-30-11-5-6-18-39(30,46)35(42)36(43)41-19-8-7-17-38(41,37(44)45)32(15-13-28-14-16-33(47-2)34(26-28)48-3)29-10-9-12-31(27-29)50-25-22-40-20-23-49-24-21-40/h9-10,12,14,16,26-27,30,32,46H,4-8,11,13,15,17-25H2,1-3H3,(H,44,45)/t30-,32-,38?,39+/m1/s1. The predicted octanol–water partition coefficient (Wildman–Crippen LogP) is 4.87. The van der Waals surface area contributed by atoms with Gasteiger partial charge in [0.05, 0.1) is 27.4 Å². The Bertz CT molecular complexity index is 1480. The van der Waals surface area contributed by atoms with Crippen LogP contribution in [-0.2, 0) is 25.5 Å². The zero-order valence-electron chi connectivity index (χ0n) is 29.9. The molecule has 0 aromatic heterocycles. The predicted molar refractivity (Wildman–Crippen MR) is 188 cm³/mol. The van der Waals surface area contributed by atoms with Crippen molar-refractivity contribution in [3.63, 3.8) is 0 Å². The Morgan fingerprint density at radius 2 is 1.72 bits per heavy atom. The number of aliphatic carboxylic acids is 1. The van der Waals surface area contributed by atoms with Gasteiger partial charge >= 0.3 is 5.97 Å². The summed E-state index contributed by atoms with van der Waals surface area (Å²) in [5, 5.41) is 23.0. The van der Waals surface area contributed by atoms with Gasteiger partial charge in [0, 0.05) is 32.1 Å². The van der Waals surface area contributed by atoms with E-state index in [-0.39, 0.29) is 25.3 Å². The van der Waals surface area contributed by atoms with E-state index >= 15 is 0 Å². The number of carbonyl (C=O) groups is 3. The molecule has 2 aliphatic heterocycles. The van der Waals surface area contributed by atoms with Crippen molar-refractivity contribution in [1.29, 1.82) is 0 Å². The first-order valence-corrected chi connectivity index (χ1v) is 18.2. The molecule has 50 heavy (non-hydrogen) atoms. The molecule has 1 saturated carbocycles. The Balaban J connectivity index is 1.51. The average molecular weight is 695 g/mol. The number of ketones is 1. The van der Waals surface area contributed by atoms with E-state index in [9.17, 15) is 24.6 Å². The number of methoxy groups -OCH3 is 2. The van der Waals surface area contributed by atoms with Crippen molar-refractivity contribution in [3.05, 3.63) is 53.6 Å². The number of benzene rings is 2. The van der Waals surface area contributed by atoms with E-state index in [1.54, 1.807) is 14.2 Å². The fourth-order valence-electron chi connectivity index (χ4n) is 8.36. The lowest BCUT2D eigenvalue weighted by Gasteiger charge is -2.49. The SMILES string of the molecule is CC[C@@H]1CCCC[C@@]1(O)C(=O)C(=O)N1CCCCC1(C(=O)O)[C@H](CCc1ccc(OC)c(OC)c1)c1cccc(OCCN2CCOCC2)c1. The lowest BCUT2D eigenvalue weighted by Crippen LogP contribution is -2.66. The number of nitrogens with zero attached hydrogens (tertiary/aromatic N) is 2. The molecule has 11 nitrogen and oxygen atoms in total. The molecule has 2 aromatic rings. The third-order valence-electron chi connectivity index (χ3n) is 11.2. The number of aryl methyl sites for hydroxylation is 1. The van der Waals surface area contributed by atoms with E-state index in [2.05, 4.69) is 4.90 Å². The second kappa shape index (κ2) is 17.0. The Morgan fingerprint density at radius 3 is 2.44 bits per heavy atom. The summed E-state index contributed by atoms with van der Waals surface area (Å²) in [6, 6.07) is 13.1. The number of carboxylic acid groups (broad SMARTS) is 1. The molecule has 3 fully saturated rings. The Labute approximate surface area is 295 Å². The monoisotopic (exact) mass is 694 g/mol. The topological polar surface area (TPSA) is 135 Å². The summed E-state index contributed by atoms with van der Waals surface area (Å²) < 4.78 is 22.6. The summed E-state index contributed by atoms with van der Waals surface area (Å²) in [5.41, 5.74) is -1.89. The summed E-state index contributed by atoms with van der Waals surface area (Å²) in [4.78, 5) is 45.8. The van der Waals surface area contributed by atoms with Crippen molar-refractivity contribution in [2.24, 2.45) is 5.92 Å². The van der Waals surface area contributed by atoms with Gasteiger partial charge in [0.25, 0.3) is 11.7 Å². The Hall–Kier alpha value is -3.67. The number of piperidine rings is 1. The van der Waals surface area contributed by atoms with Crippen LogP contribution in [0.5, 0.6) is 17.2 Å². The molecule has 0 radical (unpaired) electrons. The number of ether oxygens (including phenoxy) is 4. The van der Waals surface area contributed by atoms with Crippen LogP contribution in [-0.4, -0.2) is 109 Å². The summed E-state index contributed by atoms with van der Waals surface area (Å²) in [6.45, 7) is 6.32. The Morgan fingerprint density at radius 1 is 0.960 bits per heavy atom. The maximum absolute atomic E-state index is 14.4. The van der Waals surface area contributed by atoms with Gasteiger partial charge in [-0.15, -0.1) is 0 Å². The summed E-state index contributed by atoms with van der Waals surface area (Å²) in [5.74, 6) is -2.21. The van der Waals surface area contributed by atoms with Gasteiger partial charge in [0.2, 0.25) is 0 Å². The second-order valence-electron chi connectivity index (χ2n) is 13.9. The van der Waals surface area contributed by atoms with Gasteiger partial charge in [-0.1, -0.05) is 44.4 Å². The van der Waals surface area contributed by atoms with Crippen LogP contribution in [0.25, 0.3) is 0 Å². The molecule has 0 bridgehead atoms. The molecule has 2 aromatic carbocycles. The fraction of sp³-hybridized carbons (Fsp3) is 0.615. The molecule has 5 rings (SSSR count). The molecule has 2 heterocycles. The highest BCUT2D eigenvalue weighted by Gasteiger charge is 2.57. The number of rotatable bonds is 15. The first kappa shape index (κ1) is 37.6. The fourth-order valence-corrected chi connectivity index (χ4v) is 8.36. The van der Waals surface area contributed by atoms with Gasteiger partial charge in [-0.25, -0.2) is 4.79 Å². The summed E-state index contributed by atoms with van der Waals surface area (Å²) in [7, 11) is 3.14. The first-order chi connectivity index (χ1) is 24.2. The van der Waals surface area contributed by atoms with Gasteiger partial charge < -0.3 is 34.1 Å². The van der Waals surface area contributed by atoms with Crippen molar-refractivity contribution < 1.29 is 43.5 Å². The van der Waals surface area contributed by atoms with Crippen molar-refractivity contribution in [2.75, 3.05) is 60.2 Å². The third kappa shape index (κ3) is 7.95. The molecule has 2 saturated heterocycles. The lowest BCUT2D eigenvalue weighted by molar-refractivity contribution is -0.174. The number of morpholine rings is 1. The minimum absolute atomic E-state index is 0.117. The van der Waals surface area contributed by atoms with Crippen LogP contribution in [0.15, 0.2) is 42.5 Å². The molecule has 11 heteroatoms. The van der Waals surface area contributed by atoms with Crippen LogP contribution in [0.2, 0.25) is 0 Å². The van der Waals surface area contributed by atoms with Crippen LogP contribution in [0.1, 0.15) is 81.8 Å². The third-order valence-corrected chi connectivity index (χ3v) is 11.2. The molecule has 1 unspecified atom stereocenters. The number of likely N-dealkylation sites (tertiary alicyclic amines) is 1. The molecule has 1 aliphatic carbocycles. The Kier molecular flexibility index (Phi) is 12.8. The van der Waals surface area contributed by atoms with Gasteiger partial charge in [0.1, 0.15) is 23.5 Å². The highest BCUT2D eigenvalue weighted by atomic mass is 16.5. The highest BCUT2D eigenvalue weighted by Crippen LogP contribution is 2.46. The van der Waals surface area contributed by atoms with E-state index in [0.29, 0.717) is 87.6 Å². The maximum Gasteiger partial charge on any atom is 0.330 e. The maximum atomic E-state index is 14.4. The zero-order valence-corrected chi connectivity index (χ0v) is 29.9. The summed E-state index contributed by atoms with van der Waals surface area (Å²) in [6.07, 6.45) is 5.10. The van der Waals surface area contributed by atoms with Crippen molar-refractivity contribution >= 4 is 17.7 Å². The van der Waals surface area contributed by atoms with E-state index in [1.807, 2.05) is 49.4 Å². The minimum Gasteiger partial charge on any atom is -0.493 e. The van der Waals surface area contributed by atoms with Crippen LogP contribution in [0.3, 0.4) is 0 Å². The lowest BCUT2D eigenvalue weighted by atomic mass is 9.68. The number of hydrogen-bond acceptors (Lipinski definition) is 9. The normalized spacial score (nSPS) is 25.0. The quantitative estimate of drug-likeness (QED) is 0.249. The minimum atomic E-state index is -1.80. The number of hydrogen-bond donors (Lipinski definition) is 2. The van der Waals surface area contributed by atoms with Gasteiger partial charge in [-0.05, 0) is 86.3 Å². The van der Waals surface area contributed by atoms with Gasteiger partial charge in [-0.3, -0.25) is 14.5 Å². The van der Waals surface area contributed by atoms with Gasteiger partial charge in [0.15, 0.2) is 11.5 Å².